The van der Waals surface area contributed by atoms with Gasteiger partial charge in [0.05, 0.1) is 6.61 Å². The van der Waals surface area contributed by atoms with Gasteiger partial charge in [-0.1, -0.05) is 25.1 Å². The molecule has 0 amide bonds. The van der Waals surface area contributed by atoms with Gasteiger partial charge in [-0.25, -0.2) is 4.39 Å². The molecule has 78 valence electrons. The summed E-state index contributed by atoms with van der Waals surface area (Å²) in [5.41, 5.74) is -1.06. The third kappa shape index (κ3) is 2.49. The number of rotatable bonds is 4. The van der Waals surface area contributed by atoms with E-state index in [2.05, 4.69) is 0 Å². The summed E-state index contributed by atoms with van der Waals surface area (Å²) in [6.45, 7) is 2.95. The maximum atomic E-state index is 13.9. The molecular weight excluding hydrogens is 199 g/mol. The van der Waals surface area contributed by atoms with Crippen LogP contribution in [0, 0.1) is 0 Å². The van der Waals surface area contributed by atoms with Gasteiger partial charge in [0.15, 0.2) is 5.67 Å². The summed E-state index contributed by atoms with van der Waals surface area (Å²) in [5, 5.41) is 8.96. The first-order chi connectivity index (χ1) is 6.61. The van der Waals surface area contributed by atoms with Crippen LogP contribution >= 0.6 is 11.8 Å². The van der Waals surface area contributed by atoms with Crippen molar-refractivity contribution in [1.82, 2.24) is 0 Å². The average molecular weight is 214 g/mol. The van der Waals surface area contributed by atoms with E-state index in [0.717, 1.165) is 10.6 Å². The minimum atomic E-state index is -1.64. The van der Waals surface area contributed by atoms with E-state index < -0.39 is 12.3 Å². The Morgan fingerprint density at radius 2 is 2.07 bits per heavy atom. The minimum absolute atomic E-state index is 0.478. The van der Waals surface area contributed by atoms with Gasteiger partial charge < -0.3 is 5.11 Å². The summed E-state index contributed by atoms with van der Waals surface area (Å²) < 4.78 is 13.9. The first kappa shape index (κ1) is 11.5. The van der Waals surface area contributed by atoms with E-state index >= 15 is 0 Å². The van der Waals surface area contributed by atoms with Crippen molar-refractivity contribution in [3.8, 4) is 0 Å². The molecule has 1 rings (SSSR count). The molecule has 1 aromatic carbocycles. The summed E-state index contributed by atoms with van der Waals surface area (Å²) in [7, 11) is 0. The van der Waals surface area contributed by atoms with Crippen LogP contribution in [0.3, 0.4) is 0 Å². The number of aliphatic hydroxyl groups is 1. The van der Waals surface area contributed by atoms with E-state index in [0.29, 0.717) is 5.56 Å². The molecule has 0 saturated carbocycles. The van der Waals surface area contributed by atoms with E-state index in [1.165, 1.54) is 6.92 Å². The Hall–Kier alpha value is -0.540. The highest BCUT2D eigenvalue weighted by atomic mass is 32.2. The SMILES string of the molecule is CCSc1ccccc1C(C)(F)CO. The third-order valence-electron chi connectivity index (χ3n) is 2.05. The quantitative estimate of drug-likeness (QED) is 0.778. The van der Waals surface area contributed by atoms with Crippen LogP contribution in [0.4, 0.5) is 4.39 Å². The van der Waals surface area contributed by atoms with Crippen molar-refractivity contribution in [3.05, 3.63) is 29.8 Å². The fourth-order valence-electron chi connectivity index (χ4n) is 1.26. The first-order valence-corrected chi connectivity index (χ1v) is 5.62. The first-order valence-electron chi connectivity index (χ1n) is 4.64. The van der Waals surface area contributed by atoms with Crippen molar-refractivity contribution in [2.75, 3.05) is 12.4 Å². The van der Waals surface area contributed by atoms with E-state index in [4.69, 9.17) is 5.11 Å². The molecule has 0 saturated heterocycles. The fourth-order valence-corrected chi connectivity index (χ4v) is 2.19. The lowest BCUT2D eigenvalue weighted by atomic mass is 9.99. The molecule has 0 spiro atoms. The number of hydrogen-bond acceptors (Lipinski definition) is 2. The summed E-state index contributed by atoms with van der Waals surface area (Å²) in [6, 6.07) is 7.29. The summed E-state index contributed by atoms with van der Waals surface area (Å²) >= 11 is 1.59. The van der Waals surface area contributed by atoms with Gasteiger partial charge >= 0.3 is 0 Å². The molecule has 0 bridgehead atoms. The Labute approximate surface area is 88.3 Å². The molecular formula is C11H15FOS. The highest BCUT2D eigenvalue weighted by Crippen LogP contribution is 2.33. The van der Waals surface area contributed by atoms with E-state index in [1.807, 2.05) is 19.1 Å². The number of halogens is 1. The fraction of sp³-hybridized carbons (Fsp3) is 0.455. The van der Waals surface area contributed by atoms with Gasteiger partial charge in [-0.15, -0.1) is 11.8 Å². The lowest BCUT2D eigenvalue weighted by molar-refractivity contribution is 0.0844. The van der Waals surface area contributed by atoms with Gasteiger partial charge in [0.2, 0.25) is 0 Å². The Bertz CT molecular complexity index is 299. The molecule has 0 aliphatic carbocycles. The number of alkyl halides is 1. The van der Waals surface area contributed by atoms with Crippen LogP contribution in [-0.4, -0.2) is 17.5 Å². The molecule has 0 aliphatic rings. The number of hydrogen-bond donors (Lipinski definition) is 1. The molecule has 0 radical (unpaired) electrons. The van der Waals surface area contributed by atoms with Gasteiger partial charge in [-0.3, -0.25) is 0 Å². The van der Waals surface area contributed by atoms with Crippen molar-refractivity contribution in [2.45, 2.75) is 24.4 Å². The molecule has 1 aromatic rings. The summed E-state index contributed by atoms with van der Waals surface area (Å²) in [6.07, 6.45) is 0. The molecule has 1 unspecified atom stereocenters. The van der Waals surface area contributed by atoms with E-state index in [-0.39, 0.29) is 0 Å². The predicted octanol–water partition coefficient (Wildman–Crippen LogP) is 2.98. The van der Waals surface area contributed by atoms with Crippen molar-refractivity contribution < 1.29 is 9.50 Å². The van der Waals surface area contributed by atoms with Crippen LogP contribution in [-0.2, 0) is 5.67 Å². The van der Waals surface area contributed by atoms with Crippen molar-refractivity contribution in [3.63, 3.8) is 0 Å². The highest BCUT2D eigenvalue weighted by Gasteiger charge is 2.27. The molecule has 3 heteroatoms. The molecule has 0 aliphatic heterocycles. The summed E-state index contributed by atoms with van der Waals surface area (Å²) in [5.74, 6) is 0.901. The van der Waals surface area contributed by atoms with Crippen LogP contribution in [0.5, 0.6) is 0 Å². The molecule has 14 heavy (non-hydrogen) atoms. The second kappa shape index (κ2) is 4.80. The predicted molar refractivity (Wildman–Crippen MR) is 58.4 cm³/mol. The topological polar surface area (TPSA) is 20.2 Å². The van der Waals surface area contributed by atoms with E-state index in [1.54, 1.807) is 23.9 Å². The lowest BCUT2D eigenvalue weighted by Gasteiger charge is -2.20. The molecule has 0 fully saturated rings. The largest absolute Gasteiger partial charge is 0.393 e. The Kier molecular flexibility index (Phi) is 3.96. The zero-order valence-corrected chi connectivity index (χ0v) is 9.27. The van der Waals surface area contributed by atoms with Crippen molar-refractivity contribution >= 4 is 11.8 Å². The van der Waals surface area contributed by atoms with Crippen molar-refractivity contribution in [1.29, 1.82) is 0 Å². The van der Waals surface area contributed by atoms with Gasteiger partial charge in [-0.05, 0) is 18.7 Å². The number of aliphatic hydroxyl groups excluding tert-OH is 1. The monoisotopic (exact) mass is 214 g/mol. The van der Waals surface area contributed by atoms with Gasteiger partial charge in [0.25, 0.3) is 0 Å². The highest BCUT2D eigenvalue weighted by molar-refractivity contribution is 7.99. The Balaban J connectivity index is 3.06. The smallest absolute Gasteiger partial charge is 0.157 e. The second-order valence-corrected chi connectivity index (χ2v) is 4.59. The third-order valence-corrected chi connectivity index (χ3v) is 3.00. The zero-order valence-electron chi connectivity index (χ0n) is 8.46. The molecule has 1 N–H and O–H groups in total. The van der Waals surface area contributed by atoms with Crippen LogP contribution in [0.1, 0.15) is 19.4 Å². The van der Waals surface area contributed by atoms with Crippen LogP contribution in [0.25, 0.3) is 0 Å². The maximum Gasteiger partial charge on any atom is 0.157 e. The minimum Gasteiger partial charge on any atom is -0.393 e. The van der Waals surface area contributed by atoms with Crippen LogP contribution in [0.2, 0.25) is 0 Å². The van der Waals surface area contributed by atoms with Gasteiger partial charge in [0.1, 0.15) is 0 Å². The molecule has 0 heterocycles. The second-order valence-electron chi connectivity index (χ2n) is 3.28. The number of thioether (sulfide) groups is 1. The molecule has 1 atom stereocenters. The maximum absolute atomic E-state index is 13.9. The Morgan fingerprint density at radius 3 is 2.64 bits per heavy atom. The van der Waals surface area contributed by atoms with Gasteiger partial charge in [-0.2, -0.15) is 0 Å². The summed E-state index contributed by atoms with van der Waals surface area (Å²) in [4.78, 5) is 0.911. The van der Waals surface area contributed by atoms with Gasteiger partial charge in [0, 0.05) is 10.5 Å². The zero-order chi connectivity index (χ0) is 10.6. The van der Waals surface area contributed by atoms with Crippen LogP contribution in [0.15, 0.2) is 29.2 Å². The Morgan fingerprint density at radius 1 is 1.43 bits per heavy atom. The number of benzene rings is 1. The molecule has 0 aromatic heterocycles. The average Bonchev–Trinajstić information content (AvgIpc) is 2.19. The molecule has 1 nitrogen and oxygen atoms in total. The van der Waals surface area contributed by atoms with E-state index in [9.17, 15) is 4.39 Å². The van der Waals surface area contributed by atoms with Crippen molar-refractivity contribution in [2.24, 2.45) is 0 Å². The normalized spacial score (nSPS) is 15.1. The standard InChI is InChI=1S/C11H15FOS/c1-3-14-10-7-5-4-6-9(10)11(2,12)8-13/h4-7,13H,3,8H2,1-2H3. The lowest BCUT2D eigenvalue weighted by Crippen LogP contribution is -2.21. The van der Waals surface area contributed by atoms with Crippen LogP contribution < -0.4 is 0 Å².